The summed E-state index contributed by atoms with van der Waals surface area (Å²) in [5, 5.41) is 0.683. The van der Waals surface area contributed by atoms with Crippen molar-refractivity contribution in [1.82, 2.24) is 9.55 Å². The first-order chi connectivity index (χ1) is 9.49. The van der Waals surface area contributed by atoms with E-state index in [2.05, 4.69) is 4.98 Å². The minimum atomic E-state index is -1.00. The summed E-state index contributed by atoms with van der Waals surface area (Å²) < 4.78 is 29.0. The van der Waals surface area contributed by atoms with Crippen LogP contribution in [-0.2, 0) is 0 Å². The van der Waals surface area contributed by atoms with Crippen molar-refractivity contribution >= 4 is 11.0 Å². The van der Waals surface area contributed by atoms with Crippen molar-refractivity contribution in [1.29, 1.82) is 0 Å². The van der Waals surface area contributed by atoms with Crippen molar-refractivity contribution in [3.8, 4) is 0 Å². The van der Waals surface area contributed by atoms with Crippen molar-refractivity contribution in [2.45, 2.75) is 25.8 Å². The fourth-order valence-electron chi connectivity index (χ4n) is 2.89. The Labute approximate surface area is 113 Å². The molecule has 0 aliphatic carbocycles. The van der Waals surface area contributed by atoms with Gasteiger partial charge < -0.3 is 15.8 Å². The zero-order chi connectivity index (χ0) is 14.4. The Morgan fingerprint density at radius 2 is 2.00 bits per heavy atom. The summed E-state index contributed by atoms with van der Waals surface area (Å²) in [5.74, 6) is 5.69. The van der Waals surface area contributed by atoms with E-state index >= 15 is 0 Å². The van der Waals surface area contributed by atoms with Gasteiger partial charge in [0.15, 0.2) is 11.6 Å². The summed E-state index contributed by atoms with van der Waals surface area (Å²) in [4.78, 5) is 14.5. The van der Waals surface area contributed by atoms with Crippen molar-refractivity contribution in [3.05, 3.63) is 39.6 Å². The van der Waals surface area contributed by atoms with Gasteiger partial charge in [-0.3, -0.25) is 4.57 Å². The van der Waals surface area contributed by atoms with Crippen LogP contribution >= 0.6 is 0 Å². The number of nitrogens with zero attached hydrogens (tertiary/aromatic N) is 1. The largest absolute Gasteiger partial charge is 0.469 e. The molecule has 3 rings (SSSR count). The predicted molar refractivity (Wildman–Crippen MR) is 70.5 cm³/mol. The first kappa shape index (κ1) is 13.3. The van der Waals surface area contributed by atoms with Crippen LogP contribution in [0.15, 0.2) is 10.9 Å². The molecule has 108 valence electrons. The van der Waals surface area contributed by atoms with Crippen LogP contribution in [0.3, 0.4) is 0 Å². The maximum absolute atomic E-state index is 13.9. The average molecular weight is 282 g/mol. The Morgan fingerprint density at radius 1 is 1.35 bits per heavy atom. The maximum atomic E-state index is 13.9. The molecule has 20 heavy (non-hydrogen) atoms. The van der Waals surface area contributed by atoms with E-state index in [-0.39, 0.29) is 17.1 Å². The van der Waals surface area contributed by atoms with E-state index in [0.717, 1.165) is 0 Å². The molecular weight excluding hydrogens is 266 g/mol. The number of piperidine rings is 1. The number of hydrogen-bond donors (Lipinski definition) is 2. The quantitative estimate of drug-likeness (QED) is 0.808. The molecule has 5 nitrogen and oxygen atoms in total. The number of halogens is 2. The molecule has 7 heteroatoms. The number of aryl methyl sites for hydroxylation is 1. The minimum absolute atomic E-state index is 0.0605. The van der Waals surface area contributed by atoms with Crippen LogP contribution < -0.4 is 10.7 Å². The van der Waals surface area contributed by atoms with Crippen LogP contribution in [-0.4, -0.2) is 22.6 Å². The molecule has 0 unspecified atom stereocenters. The number of fused-ring (bicyclic) bond motifs is 1. The lowest BCUT2D eigenvalue weighted by molar-refractivity contribution is -0.854. The Bertz CT molecular complexity index is 713. The van der Waals surface area contributed by atoms with Gasteiger partial charge in [0.05, 0.1) is 18.6 Å². The summed E-state index contributed by atoms with van der Waals surface area (Å²) in [6.45, 7) is 2.77. The molecule has 0 amide bonds. The second kappa shape index (κ2) is 4.68. The Balaban J connectivity index is 2.16. The van der Waals surface area contributed by atoms with Crippen LogP contribution in [0.2, 0.25) is 0 Å². The van der Waals surface area contributed by atoms with E-state index < -0.39 is 17.3 Å². The van der Waals surface area contributed by atoms with Crippen molar-refractivity contribution in [3.63, 3.8) is 0 Å². The van der Waals surface area contributed by atoms with E-state index in [1.165, 1.54) is 17.6 Å². The highest BCUT2D eigenvalue weighted by molar-refractivity contribution is 5.77. The number of hydrogen-bond acceptors (Lipinski definition) is 1. The number of aromatic amines is 1. The van der Waals surface area contributed by atoms with Crippen LogP contribution in [0.5, 0.6) is 0 Å². The number of imidazole rings is 1. The number of benzene rings is 1. The zero-order valence-electron chi connectivity index (χ0n) is 11.1. The Kier molecular flexibility index (Phi) is 3.10. The van der Waals surface area contributed by atoms with E-state index in [1.807, 2.05) is 0 Å². The van der Waals surface area contributed by atoms with Gasteiger partial charge in [0.1, 0.15) is 5.52 Å². The lowest BCUT2D eigenvalue weighted by atomic mass is 10.1. The van der Waals surface area contributed by atoms with Gasteiger partial charge in [-0.05, 0) is 18.6 Å². The van der Waals surface area contributed by atoms with Gasteiger partial charge in [-0.2, -0.15) is 0 Å². The van der Waals surface area contributed by atoms with Gasteiger partial charge in [0, 0.05) is 18.9 Å². The molecule has 2 heterocycles. The van der Waals surface area contributed by atoms with Crippen LogP contribution in [0.25, 0.3) is 16.9 Å². The van der Waals surface area contributed by atoms with E-state index in [9.17, 15) is 13.6 Å². The second-order valence-corrected chi connectivity index (χ2v) is 5.35. The van der Waals surface area contributed by atoms with Gasteiger partial charge in [-0.25, -0.2) is 13.6 Å². The Morgan fingerprint density at radius 3 is 2.65 bits per heavy atom. The third kappa shape index (κ3) is 1.94. The molecule has 0 atom stereocenters. The highest BCUT2D eigenvalue weighted by Gasteiger charge is 2.25. The molecule has 1 saturated heterocycles. The minimum Gasteiger partial charge on any atom is -0.469 e. The molecule has 3 N–H and O–H groups in total. The molecular formula is C13H16F2N4O. The topological polar surface area (TPSA) is 66.0 Å². The highest BCUT2D eigenvalue weighted by atomic mass is 19.2. The summed E-state index contributed by atoms with van der Waals surface area (Å²) in [5.41, 5.74) is 0.109. The molecule has 0 saturated carbocycles. The molecule has 1 aliphatic rings. The van der Waals surface area contributed by atoms with E-state index in [0.29, 0.717) is 36.5 Å². The standard InChI is InChI=1S/C13H16F2N4O/c1-7-6-9-12(11(15)10(7)14)17-13(20)19(9)8-2-4-18(16)5-3-8/h6,8,16,18H,2-5H2,1H3,(H,17,20). The number of quaternary nitrogens is 1. The van der Waals surface area contributed by atoms with Crippen molar-refractivity contribution in [2.75, 3.05) is 13.1 Å². The van der Waals surface area contributed by atoms with Crippen molar-refractivity contribution in [2.24, 2.45) is 0 Å². The number of H-pyrrole nitrogens is 1. The summed E-state index contributed by atoms with van der Waals surface area (Å²) >= 11 is 0. The molecule has 1 aromatic carbocycles. The fourth-order valence-corrected chi connectivity index (χ4v) is 2.89. The molecule has 1 fully saturated rings. The first-order valence-corrected chi connectivity index (χ1v) is 6.64. The predicted octanol–water partition coefficient (Wildman–Crippen LogP) is 1.10. The third-order valence-corrected chi connectivity index (χ3v) is 4.00. The second-order valence-electron chi connectivity index (χ2n) is 5.35. The summed E-state index contributed by atoms with van der Waals surface area (Å²) in [6, 6.07) is 1.44. The summed E-state index contributed by atoms with van der Waals surface area (Å²) in [7, 11) is 0. The average Bonchev–Trinajstić information content (AvgIpc) is 2.74. The van der Waals surface area contributed by atoms with Crippen molar-refractivity contribution < 1.29 is 13.8 Å². The van der Waals surface area contributed by atoms with Crippen LogP contribution in [0.4, 0.5) is 8.78 Å². The molecule has 0 radical (unpaired) electrons. The van der Waals surface area contributed by atoms with E-state index in [4.69, 9.17) is 5.84 Å². The number of aromatic nitrogens is 2. The SMILES string of the molecule is Cc1cc2c([nH]c(=O)n2C2CC[NH+]([NH-])CC2)c(F)c1F. The smallest absolute Gasteiger partial charge is 0.326 e. The van der Waals surface area contributed by atoms with Gasteiger partial charge >= 0.3 is 5.69 Å². The first-order valence-electron chi connectivity index (χ1n) is 6.64. The highest BCUT2D eigenvalue weighted by Crippen LogP contribution is 2.25. The van der Waals surface area contributed by atoms with Gasteiger partial charge in [0.2, 0.25) is 0 Å². The fraction of sp³-hybridized carbons (Fsp3) is 0.462. The molecule has 1 aliphatic heterocycles. The molecule has 0 spiro atoms. The van der Waals surface area contributed by atoms with E-state index in [1.54, 1.807) is 0 Å². The zero-order valence-corrected chi connectivity index (χ0v) is 11.1. The lowest BCUT2D eigenvalue weighted by Crippen LogP contribution is -3.06. The van der Waals surface area contributed by atoms with Gasteiger partial charge in [-0.15, -0.1) is 0 Å². The number of nitrogens with one attached hydrogen (secondary N) is 3. The summed E-state index contributed by atoms with van der Waals surface area (Å²) in [6.07, 6.45) is 1.37. The van der Waals surface area contributed by atoms with Crippen LogP contribution in [0.1, 0.15) is 24.4 Å². The third-order valence-electron chi connectivity index (χ3n) is 4.00. The lowest BCUT2D eigenvalue weighted by Gasteiger charge is -2.31. The molecule has 2 aromatic rings. The number of rotatable bonds is 1. The maximum Gasteiger partial charge on any atom is 0.326 e. The molecule has 0 bridgehead atoms. The molecule has 1 aromatic heterocycles. The van der Waals surface area contributed by atoms with Gasteiger partial charge in [0.25, 0.3) is 0 Å². The van der Waals surface area contributed by atoms with Crippen LogP contribution in [0, 0.1) is 18.6 Å². The van der Waals surface area contributed by atoms with Gasteiger partial charge in [-0.1, -0.05) is 0 Å². The monoisotopic (exact) mass is 282 g/mol. The normalized spacial score (nSPS) is 23.4. The Hall–Kier alpha value is -1.73.